The molecular weight excluding hydrogens is 302 g/mol. The van der Waals surface area contributed by atoms with Gasteiger partial charge in [-0.3, -0.25) is 4.79 Å². The lowest BCUT2D eigenvalue weighted by molar-refractivity contribution is -0.128. The van der Waals surface area contributed by atoms with Crippen molar-refractivity contribution in [3.63, 3.8) is 0 Å². The number of benzene rings is 2. The summed E-state index contributed by atoms with van der Waals surface area (Å²) in [6, 6.07) is 19.4. The van der Waals surface area contributed by atoms with Crippen molar-refractivity contribution in [1.29, 1.82) is 0 Å². The highest BCUT2D eigenvalue weighted by Crippen LogP contribution is 2.28. The quantitative estimate of drug-likeness (QED) is 0.807. The average molecular weight is 319 g/mol. The van der Waals surface area contributed by atoms with E-state index in [2.05, 4.69) is 10.4 Å². The first-order valence-electron chi connectivity index (χ1n) is 7.92. The molecule has 0 fully saturated rings. The zero-order valence-electron chi connectivity index (χ0n) is 13.1. The number of aromatic nitrogens is 2. The van der Waals surface area contributed by atoms with Crippen molar-refractivity contribution in [3.05, 3.63) is 78.0 Å². The summed E-state index contributed by atoms with van der Waals surface area (Å²) in [5, 5.41) is 7.23. The minimum atomic E-state index is -0.589. The first kappa shape index (κ1) is 14.7. The highest BCUT2D eigenvalue weighted by atomic mass is 16.5. The predicted octanol–water partition coefficient (Wildman–Crippen LogP) is 3.12. The minimum Gasteiger partial charge on any atom is -0.363 e. The van der Waals surface area contributed by atoms with Crippen LogP contribution >= 0.6 is 0 Å². The number of nitrogens with one attached hydrogen (secondary N) is 1. The van der Waals surface area contributed by atoms with Gasteiger partial charge < -0.3 is 10.1 Å². The van der Waals surface area contributed by atoms with Crippen LogP contribution in [0.25, 0.3) is 5.69 Å². The third-order valence-electron chi connectivity index (χ3n) is 4.13. The molecule has 24 heavy (non-hydrogen) atoms. The van der Waals surface area contributed by atoms with Gasteiger partial charge in [-0.05, 0) is 29.7 Å². The van der Waals surface area contributed by atoms with E-state index in [1.807, 2.05) is 54.6 Å². The number of carbonyl (C=O) groups excluding carboxylic acids is 1. The molecule has 0 saturated carbocycles. The Morgan fingerprint density at radius 3 is 2.75 bits per heavy atom. The highest BCUT2D eigenvalue weighted by Gasteiger charge is 2.27. The van der Waals surface area contributed by atoms with E-state index in [-0.39, 0.29) is 5.91 Å². The number of ether oxygens (including phenoxy) is 1. The lowest BCUT2D eigenvalue weighted by atomic mass is 9.97. The molecule has 3 aromatic rings. The topological polar surface area (TPSA) is 56.2 Å². The molecule has 1 unspecified atom stereocenters. The van der Waals surface area contributed by atoms with Crippen LogP contribution in [-0.4, -0.2) is 22.3 Å². The van der Waals surface area contributed by atoms with Crippen LogP contribution in [-0.2, 0) is 16.0 Å². The number of amides is 1. The summed E-state index contributed by atoms with van der Waals surface area (Å²) in [6.07, 6.45) is 1.91. The van der Waals surface area contributed by atoms with Crippen molar-refractivity contribution in [3.8, 4) is 5.69 Å². The smallest absolute Gasteiger partial charge is 0.259 e. The van der Waals surface area contributed by atoms with Crippen LogP contribution in [0.4, 0.5) is 5.82 Å². The molecule has 1 aliphatic heterocycles. The molecule has 1 aromatic heterocycles. The monoisotopic (exact) mass is 319 g/mol. The Hall–Kier alpha value is -2.92. The second-order valence-electron chi connectivity index (χ2n) is 5.65. The zero-order valence-corrected chi connectivity index (χ0v) is 13.1. The van der Waals surface area contributed by atoms with Gasteiger partial charge in [0.25, 0.3) is 5.91 Å². The van der Waals surface area contributed by atoms with Crippen molar-refractivity contribution in [2.45, 2.75) is 12.5 Å². The molecular formula is C19H17N3O2. The zero-order chi connectivity index (χ0) is 16.4. The summed E-state index contributed by atoms with van der Waals surface area (Å²) in [5.41, 5.74) is 3.00. The number of rotatable bonds is 3. The van der Waals surface area contributed by atoms with Crippen molar-refractivity contribution < 1.29 is 9.53 Å². The number of fused-ring (bicyclic) bond motifs is 1. The van der Waals surface area contributed by atoms with Gasteiger partial charge in [-0.2, -0.15) is 5.10 Å². The van der Waals surface area contributed by atoms with Gasteiger partial charge in [-0.1, -0.05) is 42.5 Å². The van der Waals surface area contributed by atoms with Crippen molar-refractivity contribution >= 4 is 11.7 Å². The predicted molar refractivity (Wildman–Crippen MR) is 91.0 cm³/mol. The molecule has 0 bridgehead atoms. The SMILES string of the molecule is O=C(Nc1ccnn1-c1ccccc1)C1OCCc2ccccc21. The molecule has 1 N–H and O–H groups in total. The molecule has 2 aromatic carbocycles. The second kappa shape index (κ2) is 6.29. The molecule has 1 aliphatic rings. The van der Waals surface area contributed by atoms with Gasteiger partial charge in [-0.25, -0.2) is 4.68 Å². The first-order chi connectivity index (χ1) is 11.8. The lowest BCUT2D eigenvalue weighted by Crippen LogP contribution is -2.29. The van der Waals surface area contributed by atoms with E-state index in [1.54, 1.807) is 16.9 Å². The van der Waals surface area contributed by atoms with Gasteiger partial charge >= 0.3 is 0 Å². The Labute approximate surface area is 139 Å². The minimum absolute atomic E-state index is 0.181. The highest BCUT2D eigenvalue weighted by molar-refractivity contribution is 5.94. The maximum atomic E-state index is 12.7. The van der Waals surface area contributed by atoms with E-state index in [0.29, 0.717) is 12.4 Å². The molecule has 0 spiro atoms. The van der Waals surface area contributed by atoms with E-state index in [0.717, 1.165) is 17.7 Å². The Morgan fingerprint density at radius 1 is 1.08 bits per heavy atom. The number of para-hydroxylation sites is 1. The Kier molecular flexibility index (Phi) is 3.84. The summed E-state index contributed by atoms with van der Waals surface area (Å²) in [5.74, 6) is 0.442. The number of carbonyl (C=O) groups is 1. The van der Waals surface area contributed by atoms with Crippen LogP contribution in [0, 0.1) is 0 Å². The first-order valence-corrected chi connectivity index (χ1v) is 7.92. The van der Waals surface area contributed by atoms with Crippen LogP contribution in [0.3, 0.4) is 0 Å². The normalized spacial score (nSPS) is 16.4. The largest absolute Gasteiger partial charge is 0.363 e. The van der Waals surface area contributed by atoms with Gasteiger partial charge in [0.05, 0.1) is 18.5 Å². The molecule has 1 amide bonds. The fraction of sp³-hybridized carbons (Fsp3) is 0.158. The van der Waals surface area contributed by atoms with Gasteiger partial charge in [0, 0.05) is 6.07 Å². The molecule has 0 aliphatic carbocycles. The molecule has 5 heteroatoms. The molecule has 0 radical (unpaired) electrons. The van der Waals surface area contributed by atoms with E-state index >= 15 is 0 Å². The maximum absolute atomic E-state index is 12.7. The van der Waals surface area contributed by atoms with Gasteiger partial charge in [0.2, 0.25) is 0 Å². The van der Waals surface area contributed by atoms with Crippen molar-refractivity contribution in [1.82, 2.24) is 9.78 Å². The van der Waals surface area contributed by atoms with Gasteiger partial charge in [0.15, 0.2) is 6.10 Å². The number of hydrogen-bond donors (Lipinski definition) is 1. The van der Waals surface area contributed by atoms with Gasteiger partial charge in [0.1, 0.15) is 5.82 Å². The molecule has 0 saturated heterocycles. The standard InChI is InChI=1S/C19H17N3O2/c23-19(18-16-9-5-4-6-14(16)11-13-24-18)21-17-10-12-20-22(17)15-7-2-1-3-8-15/h1-10,12,18H,11,13H2,(H,21,23). The summed E-state index contributed by atoms with van der Waals surface area (Å²) < 4.78 is 7.42. The van der Waals surface area contributed by atoms with Crippen LogP contribution in [0.15, 0.2) is 66.9 Å². The average Bonchev–Trinajstić information content (AvgIpc) is 3.10. The lowest BCUT2D eigenvalue weighted by Gasteiger charge is -2.25. The molecule has 120 valence electrons. The van der Waals surface area contributed by atoms with Crippen LogP contribution in [0.5, 0.6) is 0 Å². The molecule has 1 atom stereocenters. The van der Waals surface area contributed by atoms with E-state index in [9.17, 15) is 4.79 Å². The van der Waals surface area contributed by atoms with Crippen LogP contribution < -0.4 is 5.32 Å². The Morgan fingerprint density at radius 2 is 1.88 bits per heavy atom. The van der Waals surface area contributed by atoms with E-state index in [4.69, 9.17) is 4.74 Å². The van der Waals surface area contributed by atoms with Crippen molar-refractivity contribution in [2.24, 2.45) is 0 Å². The van der Waals surface area contributed by atoms with Gasteiger partial charge in [-0.15, -0.1) is 0 Å². The van der Waals surface area contributed by atoms with Crippen LogP contribution in [0.2, 0.25) is 0 Å². The second-order valence-corrected chi connectivity index (χ2v) is 5.65. The van der Waals surface area contributed by atoms with Crippen LogP contribution in [0.1, 0.15) is 17.2 Å². The molecule has 4 rings (SSSR count). The number of hydrogen-bond acceptors (Lipinski definition) is 3. The van der Waals surface area contributed by atoms with E-state index in [1.165, 1.54) is 5.56 Å². The number of nitrogens with zero attached hydrogens (tertiary/aromatic N) is 2. The Balaban J connectivity index is 1.60. The maximum Gasteiger partial charge on any atom is 0.259 e. The summed E-state index contributed by atoms with van der Waals surface area (Å²) in [6.45, 7) is 0.549. The third kappa shape index (κ3) is 2.70. The third-order valence-corrected chi connectivity index (χ3v) is 4.13. The summed E-state index contributed by atoms with van der Waals surface area (Å²) >= 11 is 0. The number of anilines is 1. The molecule has 5 nitrogen and oxygen atoms in total. The fourth-order valence-electron chi connectivity index (χ4n) is 2.98. The Bertz CT molecular complexity index is 858. The van der Waals surface area contributed by atoms with Crippen molar-refractivity contribution in [2.75, 3.05) is 11.9 Å². The summed E-state index contributed by atoms with van der Waals surface area (Å²) in [4.78, 5) is 12.7. The fourth-order valence-corrected chi connectivity index (χ4v) is 2.98. The van der Waals surface area contributed by atoms with E-state index < -0.39 is 6.10 Å². The summed E-state index contributed by atoms with van der Waals surface area (Å²) in [7, 11) is 0. The molecule has 2 heterocycles.